The fraction of sp³-hybridized carbons (Fsp3) is 0.227. The van der Waals surface area contributed by atoms with Gasteiger partial charge < -0.3 is 10.2 Å². The minimum Gasteiger partial charge on any atom is -0.339 e. The van der Waals surface area contributed by atoms with Gasteiger partial charge in [0, 0.05) is 17.9 Å². The van der Waals surface area contributed by atoms with Crippen LogP contribution in [0.15, 0.2) is 54.9 Å². The predicted octanol–water partition coefficient (Wildman–Crippen LogP) is 4.81. The van der Waals surface area contributed by atoms with Crippen LogP contribution in [0, 0.1) is 20.8 Å². The Morgan fingerprint density at radius 3 is 2.41 bits per heavy atom. The molecule has 0 fully saturated rings. The van der Waals surface area contributed by atoms with E-state index in [1.54, 1.807) is 11.1 Å². The Bertz CT molecular complexity index is 951. The summed E-state index contributed by atoms with van der Waals surface area (Å²) in [4.78, 5) is 23.2. The molecule has 0 aliphatic carbocycles. The molecule has 0 spiro atoms. The second kappa shape index (κ2) is 7.99. The van der Waals surface area contributed by atoms with Crippen molar-refractivity contribution in [3.8, 4) is 0 Å². The molecule has 0 aliphatic heterocycles. The Hall–Kier alpha value is -3.21. The molecule has 1 aromatic heterocycles. The van der Waals surface area contributed by atoms with Gasteiger partial charge in [-0.3, -0.25) is 4.79 Å². The van der Waals surface area contributed by atoms with Crippen molar-refractivity contribution in [2.45, 2.75) is 27.7 Å². The Morgan fingerprint density at radius 2 is 1.78 bits per heavy atom. The van der Waals surface area contributed by atoms with Crippen LogP contribution < -0.4 is 10.2 Å². The number of amides is 1. The lowest BCUT2D eigenvalue weighted by Crippen LogP contribution is -2.31. The van der Waals surface area contributed by atoms with Gasteiger partial charge in [-0.25, -0.2) is 9.97 Å². The summed E-state index contributed by atoms with van der Waals surface area (Å²) in [7, 11) is 0. The maximum absolute atomic E-state index is 12.9. The number of aromatic nitrogens is 2. The lowest BCUT2D eigenvalue weighted by atomic mass is 10.1. The van der Waals surface area contributed by atoms with E-state index >= 15 is 0 Å². The first kappa shape index (κ1) is 18.6. The number of hydrogen-bond acceptors (Lipinski definition) is 4. The van der Waals surface area contributed by atoms with Crippen molar-refractivity contribution >= 4 is 23.1 Å². The van der Waals surface area contributed by atoms with Crippen LogP contribution in [-0.2, 0) is 0 Å². The van der Waals surface area contributed by atoms with Crippen LogP contribution in [0.1, 0.15) is 34.1 Å². The van der Waals surface area contributed by atoms with Gasteiger partial charge in [0.15, 0.2) is 0 Å². The molecule has 0 aliphatic rings. The van der Waals surface area contributed by atoms with E-state index in [2.05, 4.69) is 28.3 Å². The fourth-order valence-electron chi connectivity index (χ4n) is 2.97. The van der Waals surface area contributed by atoms with Gasteiger partial charge in [0.1, 0.15) is 11.5 Å². The molecule has 0 unspecified atom stereocenters. The molecule has 3 rings (SSSR count). The van der Waals surface area contributed by atoms with Crippen LogP contribution in [0.2, 0.25) is 0 Å². The molecular weight excluding hydrogens is 336 g/mol. The van der Waals surface area contributed by atoms with E-state index in [9.17, 15) is 4.79 Å². The van der Waals surface area contributed by atoms with Crippen LogP contribution in [-0.4, -0.2) is 22.4 Å². The molecule has 1 N–H and O–H groups in total. The zero-order valence-electron chi connectivity index (χ0n) is 16.2. The molecule has 3 aromatic rings. The van der Waals surface area contributed by atoms with Gasteiger partial charge in [0.2, 0.25) is 0 Å². The van der Waals surface area contributed by atoms with E-state index in [0.29, 0.717) is 18.1 Å². The van der Waals surface area contributed by atoms with Gasteiger partial charge in [0.25, 0.3) is 5.91 Å². The largest absolute Gasteiger partial charge is 0.339 e. The molecule has 0 bridgehead atoms. The Labute approximate surface area is 160 Å². The molecule has 1 amide bonds. The minimum absolute atomic E-state index is 0.159. The molecule has 138 valence electrons. The lowest BCUT2D eigenvalue weighted by molar-refractivity contribution is 0.0983. The number of carbonyl (C=O) groups is 1. The molecule has 0 saturated carbocycles. The second-order valence-corrected chi connectivity index (χ2v) is 6.62. The standard InChI is InChI=1S/C22H24N4O/c1-5-26(18-8-6-7-15(2)12-18)22(27)20-13-24-21(14-23-20)25-19-10-9-16(3)11-17(19)4/h6-14H,5H2,1-4H3,(H,24,25). The highest BCUT2D eigenvalue weighted by Crippen LogP contribution is 2.21. The molecule has 5 nitrogen and oxygen atoms in total. The number of rotatable bonds is 5. The number of carbonyl (C=O) groups excluding carboxylic acids is 1. The Balaban J connectivity index is 1.78. The Morgan fingerprint density at radius 1 is 1.00 bits per heavy atom. The molecule has 0 saturated heterocycles. The lowest BCUT2D eigenvalue weighted by Gasteiger charge is -2.21. The van der Waals surface area contributed by atoms with E-state index in [-0.39, 0.29) is 5.91 Å². The first-order valence-electron chi connectivity index (χ1n) is 9.03. The van der Waals surface area contributed by atoms with Crippen molar-refractivity contribution in [3.05, 3.63) is 77.2 Å². The van der Waals surface area contributed by atoms with Crippen LogP contribution in [0.3, 0.4) is 0 Å². The highest BCUT2D eigenvalue weighted by atomic mass is 16.2. The number of anilines is 3. The van der Waals surface area contributed by atoms with E-state index in [0.717, 1.165) is 22.5 Å². The minimum atomic E-state index is -0.159. The Kier molecular flexibility index (Phi) is 5.50. The summed E-state index contributed by atoms with van der Waals surface area (Å²) in [5.74, 6) is 0.450. The molecule has 0 radical (unpaired) electrons. The predicted molar refractivity (Wildman–Crippen MR) is 110 cm³/mol. The number of nitrogens with zero attached hydrogens (tertiary/aromatic N) is 3. The third-order valence-electron chi connectivity index (χ3n) is 4.39. The summed E-state index contributed by atoms with van der Waals surface area (Å²) in [6, 6.07) is 14.0. The van der Waals surface area contributed by atoms with Crippen molar-refractivity contribution in [1.29, 1.82) is 0 Å². The van der Waals surface area contributed by atoms with Crippen molar-refractivity contribution in [1.82, 2.24) is 9.97 Å². The molecular formula is C22H24N4O. The molecule has 27 heavy (non-hydrogen) atoms. The van der Waals surface area contributed by atoms with Gasteiger partial charge in [-0.1, -0.05) is 29.8 Å². The van der Waals surface area contributed by atoms with Crippen LogP contribution in [0.25, 0.3) is 0 Å². The van der Waals surface area contributed by atoms with Crippen LogP contribution >= 0.6 is 0 Å². The summed E-state index contributed by atoms with van der Waals surface area (Å²) in [6.07, 6.45) is 3.11. The van der Waals surface area contributed by atoms with Crippen molar-refractivity contribution in [3.63, 3.8) is 0 Å². The maximum atomic E-state index is 12.9. The number of benzene rings is 2. The zero-order valence-corrected chi connectivity index (χ0v) is 16.2. The quantitative estimate of drug-likeness (QED) is 0.709. The average molecular weight is 360 g/mol. The van der Waals surface area contributed by atoms with Crippen LogP contribution in [0.4, 0.5) is 17.2 Å². The smallest absolute Gasteiger partial charge is 0.278 e. The number of aryl methyl sites for hydroxylation is 3. The third kappa shape index (κ3) is 4.31. The van der Waals surface area contributed by atoms with Crippen LogP contribution in [0.5, 0.6) is 0 Å². The first-order valence-corrected chi connectivity index (χ1v) is 9.03. The highest BCUT2D eigenvalue weighted by Gasteiger charge is 2.18. The van der Waals surface area contributed by atoms with Gasteiger partial charge in [-0.05, 0) is 57.0 Å². The van der Waals surface area contributed by atoms with Crippen molar-refractivity contribution in [2.75, 3.05) is 16.8 Å². The molecule has 2 aromatic carbocycles. The molecule has 0 atom stereocenters. The normalized spacial score (nSPS) is 10.5. The van der Waals surface area contributed by atoms with E-state index in [1.807, 2.05) is 57.2 Å². The summed E-state index contributed by atoms with van der Waals surface area (Å²) in [5, 5.41) is 3.25. The summed E-state index contributed by atoms with van der Waals surface area (Å²) in [5.41, 5.74) is 5.61. The van der Waals surface area contributed by atoms with Gasteiger partial charge in [0.05, 0.1) is 12.4 Å². The third-order valence-corrected chi connectivity index (χ3v) is 4.39. The van der Waals surface area contributed by atoms with E-state index in [1.165, 1.54) is 11.8 Å². The first-order chi connectivity index (χ1) is 13.0. The van der Waals surface area contributed by atoms with Crippen molar-refractivity contribution < 1.29 is 4.79 Å². The fourth-order valence-corrected chi connectivity index (χ4v) is 2.97. The molecule has 5 heteroatoms. The monoisotopic (exact) mass is 360 g/mol. The van der Waals surface area contributed by atoms with Gasteiger partial charge in [-0.15, -0.1) is 0 Å². The van der Waals surface area contributed by atoms with Crippen molar-refractivity contribution in [2.24, 2.45) is 0 Å². The number of hydrogen-bond donors (Lipinski definition) is 1. The second-order valence-electron chi connectivity index (χ2n) is 6.62. The highest BCUT2D eigenvalue weighted by molar-refractivity contribution is 6.04. The van der Waals surface area contributed by atoms with Gasteiger partial charge in [-0.2, -0.15) is 0 Å². The van der Waals surface area contributed by atoms with Gasteiger partial charge >= 0.3 is 0 Å². The van der Waals surface area contributed by atoms with E-state index in [4.69, 9.17) is 0 Å². The average Bonchev–Trinajstić information content (AvgIpc) is 2.65. The summed E-state index contributed by atoms with van der Waals surface area (Å²) >= 11 is 0. The zero-order chi connectivity index (χ0) is 19.4. The SMILES string of the molecule is CCN(C(=O)c1cnc(Nc2ccc(C)cc2C)cn1)c1cccc(C)c1. The number of nitrogens with one attached hydrogen (secondary N) is 1. The topological polar surface area (TPSA) is 58.1 Å². The maximum Gasteiger partial charge on any atom is 0.278 e. The summed E-state index contributed by atoms with van der Waals surface area (Å²) < 4.78 is 0. The summed E-state index contributed by atoms with van der Waals surface area (Å²) in [6.45, 7) is 8.62. The van der Waals surface area contributed by atoms with E-state index < -0.39 is 0 Å². The molecule has 1 heterocycles.